The van der Waals surface area contributed by atoms with Crippen molar-refractivity contribution in [3.05, 3.63) is 24.3 Å². The molecule has 0 aliphatic rings. The van der Waals surface area contributed by atoms with E-state index in [1.807, 2.05) is 24.3 Å². The highest BCUT2D eigenvalue weighted by atomic mass is 15.5. The van der Waals surface area contributed by atoms with E-state index in [9.17, 15) is 0 Å². The lowest BCUT2D eigenvalue weighted by Gasteiger charge is -2.01. The Morgan fingerprint density at radius 3 is 1.39 bits per heavy atom. The summed E-state index contributed by atoms with van der Waals surface area (Å²) in [5, 5.41) is 22.7. The number of aryl methyl sites for hydroxylation is 2. The van der Waals surface area contributed by atoms with E-state index in [0.717, 1.165) is 22.8 Å². The van der Waals surface area contributed by atoms with Crippen molar-refractivity contribution in [1.29, 1.82) is 0 Å². The zero-order valence-electron chi connectivity index (χ0n) is 9.89. The topological polar surface area (TPSA) is 87.2 Å². The maximum absolute atomic E-state index is 3.95. The first-order valence-electron chi connectivity index (χ1n) is 5.31. The molecule has 2 aromatic heterocycles. The van der Waals surface area contributed by atoms with E-state index in [-0.39, 0.29) is 0 Å². The van der Waals surface area contributed by atoms with Gasteiger partial charge in [0.05, 0.1) is 0 Å². The largest absolute Gasteiger partial charge is 0.229 e. The fourth-order valence-electron chi connectivity index (χ4n) is 1.72. The molecule has 0 amide bonds. The van der Waals surface area contributed by atoms with E-state index >= 15 is 0 Å². The van der Waals surface area contributed by atoms with Crippen molar-refractivity contribution in [2.24, 2.45) is 14.1 Å². The van der Waals surface area contributed by atoms with Gasteiger partial charge in [-0.05, 0) is 20.9 Å². The molecular formula is C10H10N8. The van der Waals surface area contributed by atoms with E-state index in [0.29, 0.717) is 0 Å². The van der Waals surface area contributed by atoms with Gasteiger partial charge in [-0.3, -0.25) is 0 Å². The lowest BCUT2D eigenvalue weighted by molar-refractivity contribution is 0.714. The summed E-state index contributed by atoms with van der Waals surface area (Å²) in [6, 6.07) is 7.76. The predicted octanol–water partition coefficient (Wildman–Crippen LogP) is 0.0676. The number of tetrazole rings is 2. The number of hydrogen-bond acceptors (Lipinski definition) is 6. The Morgan fingerprint density at radius 1 is 0.722 bits per heavy atom. The third-order valence-corrected chi connectivity index (χ3v) is 2.64. The number of rotatable bonds is 2. The number of aromatic nitrogens is 8. The maximum atomic E-state index is 3.95. The van der Waals surface area contributed by atoms with Crippen molar-refractivity contribution in [2.45, 2.75) is 0 Å². The van der Waals surface area contributed by atoms with Gasteiger partial charge in [-0.25, -0.2) is 9.36 Å². The molecule has 3 aromatic rings. The molecule has 2 heterocycles. The Balaban J connectivity index is 2.00. The summed E-state index contributed by atoms with van der Waals surface area (Å²) in [5.74, 6) is 1.44. The standard InChI is InChI=1S/C10H10N8/c1-17-9(11-13-15-17)7-3-5-8(6-4-7)10-12-14-16-18(10)2/h3-6H,1-2H3. The highest BCUT2D eigenvalue weighted by Crippen LogP contribution is 2.20. The molecule has 8 nitrogen and oxygen atoms in total. The van der Waals surface area contributed by atoms with Crippen LogP contribution in [0.2, 0.25) is 0 Å². The summed E-state index contributed by atoms with van der Waals surface area (Å²) >= 11 is 0. The highest BCUT2D eigenvalue weighted by molar-refractivity contribution is 5.62. The SMILES string of the molecule is Cn1nnnc1-c1ccc(-c2nnnn2C)cc1. The van der Waals surface area contributed by atoms with Crippen molar-refractivity contribution >= 4 is 0 Å². The minimum absolute atomic E-state index is 0.720. The van der Waals surface area contributed by atoms with E-state index in [1.165, 1.54) is 0 Å². The molecule has 0 N–H and O–H groups in total. The molecule has 8 heteroatoms. The molecule has 90 valence electrons. The minimum atomic E-state index is 0.720. The van der Waals surface area contributed by atoms with Crippen molar-refractivity contribution in [1.82, 2.24) is 40.4 Å². The van der Waals surface area contributed by atoms with Crippen LogP contribution >= 0.6 is 0 Å². The quantitative estimate of drug-likeness (QED) is 0.631. The van der Waals surface area contributed by atoms with Crippen molar-refractivity contribution in [2.75, 3.05) is 0 Å². The van der Waals surface area contributed by atoms with Crippen LogP contribution in [0.15, 0.2) is 24.3 Å². The Morgan fingerprint density at radius 2 is 1.11 bits per heavy atom. The molecule has 0 atom stereocenters. The van der Waals surface area contributed by atoms with Gasteiger partial charge in [-0.15, -0.1) is 10.2 Å². The van der Waals surface area contributed by atoms with Crippen LogP contribution in [0.5, 0.6) is 0 Å². The van der Waals surface area contributed by atoms with Crippen LogP contribution in [-0.4, -0.2) is 40.4 Å². The number of nitrogens with zero attached hydrogens (tertiary/aromatic N) is 8. The molecule has 0 radical (unpaired) electrons. The summed E-state index contributed by atoms with van der Waals surface area (Å²) in [6.07, 6.45) is 0. The second kappa shape index (κ2) is 3.99. The molecule has 0 spiro atoms. The third-order valence-electron chi connectivity index (χ3n) is 2.64. The van der Waals surface area contributed by atoms with E-state index in [2.05, 4.69) is 31.1 Å². The Hall–Kier alpha value is -2.64. The van der Waals surface area contributed by atoms with Crippen molar-refractivity contribution in [3.63, 3.8) is 0 Å². The van der Waals surface area contributed by atoms with E-state index in [4.69, 9.17) is 0 Å². The zero-order valence-corrected chi connectivity index (χ0v) is 9.89. The van der Waals surface area contributed by atoms with E-state index in [1.54, 1.807) is 23.5 Å². The zero-order chi connectivity index (χ0) is 12.5. The van der Waals surface area contributed by atoms with Crippen LogP contribution in [0.25, 0.3) is 22.8 Å². The summed E-state index contributed by atoms with van der Waals surface area (Å²) in [5.41, 5.74) is 1.89. The predicted molar refractivity (Wildman–Crippen MR) is 62.0 cm³/mol. The molecule has 0 bridgehead atoms. The van der Waals surface area contributed by atoms with Gasteiger partial charge in [-0.1, -0.05) is 24.3 Å². The Bertz CT molecular complexity index is 606. The van der Waals surface area contributed by atoms with Crippen molar-refractivity contribution < 1.29 is 0 Å². The number of benzene rings is 1. The molecule has 0 fully saturated rings. The lowest BCUT2D eigenvalue weighted by Crippen LogP contribution is -1.96. The average molecular weight is 242 g/mol. The summed E-state index contributed by atoms with van der Waals surface area (Å²) in [6.45, 7) is 0. The molecule has 1 aromatic carbocycles. The van der Waals surface area contributed by atoms with E-state index < -0.39 is 0 Å². The first-order valence-corrected chi connectivity index (χ1v) is 5.31. The fraction of sp³-hybridized carbons (Fsp3) is 0.200. The van der Waals surface area contributed by atoms with Crippen LogP contribution in [0.3, 0.4) is 0 Å². The average Bonchev–Trinajstić information content (AvgIpc) is 2.98. The lowest BCUT2D eigenvalue weighted by atomic mass is 10.1. The Labute approximate surface area is 102 Å². The van der Waals surface area contributed by atoms with Crippen molar-refractivity contribution in [3.8, 4) is 22.8 Å². The van der Waals surface area contributed by atoms with Gasteiger partial charge in [0.25, 0.3) is 0 Å². The molecule has 18 heavy (non-hydrogen) atoms. The van der Waals surface area contributed by atoms with Gasteiger partial charge in [0.2, 0.25) is 0 Å². The molecule has 3 rings (SSSR count). The van der Waals surface area contributed by atoms with Crippen LogP contribution in [0.4, 0.5) is 0 Å². The summed E-state index contributed by atoms with van der Waals surface area (Å²) in [4.78, 5) is 0. The van der Waals surface area contributed by atoms with Crippen LogP contribution in [0.1, 0.15) is 0 Å². The van der Waals surface area contributed by atoms with Gasteiger partial charge in [0.15, 0.2) is 11.6 Å². The smallest absolute Gasteiger partial charge is 0.181 e. The second-order valence-electron chi connectivity index (χ2n) is 3.83. The van der Waals surface area contributed by atoms with Gasteiger partial charge in [0, 0.05) is 25.2 Å². The van der Waals surface area contributed by atoms with Gasteiger partial charge < -0.3 is 0 Å². The number of hydrogen-bond donors (Lipinski definition) is 0. The fourth-order valence-corrected chi connectivity index (χ4v) is 1.72. The van der Waals surface area contributed by atoms with Crippen LogP contribution < -0.4 is 0 Å². The van der Waals surface area contributed by atoms with Gasteiger partial charge in [0.1, 0.15) is 0 Å². The molecule has 0 saturated heterocycles. The molecule has 0 unspecified atom stereocenters. The highest BCUT2D eigenvalue weighted by Gasteiger charge is 2.08. The summed E-state index contributed by atoms with van der Waals surface area (Å²) < 4.78 is 3.25. The molecular weight excluding hydrogens is 232 g/mol. The Kier molecular flexibility index (Phi) is 2.33. The third kappa shape index (κ3) is 1.63. The maximum Gasteiger partial charge on any atom is 0.181 e. The monoisotopic (exact) mass is 242 g/mol. The normalized spacial score (nSPS) is 10.8. The van der Waals surface area contributed by atoms with Crippen LogP contribution in [-0.2, 0) is 14.1 Å². The van der Waals surface area contributed by atoms with Gasteiger partial charge >= 0.3 is 0 Å². The molecule has 0 saturated carbocycles. The molecule has 0 aliphatic heterocycles. The van der Waals surface area contributed by atoms with Crippen LogP contribution in [0, 0.1) is 0 Å². The second-order valence-corrected chi connectivity index (χ2v) is 3.83. The van der Waals surface area contributed by atoms with Gasteiger partial charge in [-0.2, -0.15) is 0 Å². The summed E-state index contributed by atoms with van der Waals surface area (Å²) in [7, 11) is 3.60. The minimum Gasteiger partial charge on any atom is -0.229 e. The molecule has 0 aliphatic carbocycles. The first-order chi connectivity index (χ1) is 8.75. The first kappa shape index (κ1) is 10.5.